The van der Waals surface area contributed by atoms with E-state index in [0.29, 0.717) is 28.8 Å². The third-order valence-corrected chi connectivity index (χ3v) is 4.33. The summed E-state index contributed by atoms with van der Waals surface area (Å²) in [4.78, 5) is 14.3. The van der Waals surface area contributed by atoms with Crippen LogP contribution in [0.4, 0.5) is 10.5 Å². The number of methoxy groups -OCH3 is 2. The summed E-state index contributed by atoms with van der Waals surface area (Å²) in [6.07, 6.45) is 0. The molecular formula is C19H24ClN3O3. The smallest absolute Gasteiger partial charge is 0.319 e. The Morgan fingerprint density at radius 2 is 1.81 bits per heavy atom. The van der Waals surface area contributed by atoms with Gasteiger partial charge in [0.15, 0.2) is 11.5 Å². The monoisotopic (exact) mass is 377 g/mol. The second kappa shape index (κ2) is 9.31. The van der Waals surface area contributed by atoms with E-state index in [4.69, 9.17) is 21.1 Å². The molecule has 2 amide bonds. The zero-order valence-corrected chi connectivity index (χ0v) is 16.1. The van der Waals surface area contributed by atoms with Crippen LogP contribution in [-0.2, 0) is 0 Å². The maximum absolute atomic E-state index is 12.3. The number of amides is 2. The van der Waals surface area contributed by atoms with Crippen LogP contribution in [0, 0.1) is 0 Å². The lowest BCUT2D eigenvalue weighted by molar-refractivity contribution is 0.243. The third-order valence-electron chi connectivity index (χ3n) is 3.98. The second-order valence-corrected chi connectivity index (χ2v) is 6.31. The van der Waals surface area contributed by atoms with E-state index in [1.54, 1.807) is 32.4 Å². The molecule has 2 rings (SSSR count). The predicted molar refractivity (Wildman–Crippen MR) is 104 cm³/mol. The summed E-state index contributed by atoms with van der Waals surface area (Å²) < 4.78 is 10.4. The van der Waals surface area contributed by atoms with E-state index >= 15 is 0 Å². The summed E-state index contributed by atoms with van der Waals surface area (Å²) in [5.41, 5.74) is 1.57. The zero-order valence-electron chi connectivity index (χ0n) is 15.4. The van der Waals surface area contributed by atoms with Crippen LogP contribution in [0.2, 0.25) is 5.02 Å². The highest BCUT2D eigenvalue weighted by atomic mass is 35.5. The Kier molecular flexibility index (Phi) is 7.12. The molecule has 0 bridgehead atoms. The predicted octanol–water partition coefficient (Wildman–Crippen LogP) is 3.78. The zero-order chi connectivity index (χ0) is 19.1. The Morgan fingerprint density at radius 1 is 1.12 bits per heavy atom. The lowest BCUT2D eigenvalue weighted by Gasteiger charge is -2.26. The van der Waals surface area contributed by atoms with Gasteiger partial charge in [-0.3, -0.25) is 0 Å². The Morgan fingerprint density at radius 3 is 2.42 bits per heavy atom. The molecule has 0 saturated heterocycles. The molecule has 0 saturated carbocycles. The lowest BCUT2D eigenvalue weighted by atomic mass is 10.1. The molecule has 0 aromatic heterocycles. The fourth-order valence-corrected chi connectivity index (χ4v) is 2.86. The number of benzene rings is 2. The standard InChI is InChI=1S/C19H24ClN3O3/c1-23(2)16(14-7-5-6-8-15(14)20)12-21-19(24)22-13-9-10-17(25-3)18(11-13)26-4/h5-11,16H,12H2,1-4H3,(H2,21,22,24). The topological polar surface area (TPSA) is 62.8 Å². The molecule has 1 atom stereocenters. The summed E-state index contributed by atoms with van der Waals surface area (Å²) in [5, 5.41) is 6.35. The summed E-state index contributed by atoms with van der Waals surface area (Å²) in [6, 6.07) is 12.5. The highest BCUT2D eigenvalue weighted by molar-refractivity contribution is 6.31. The van der Waals surface area contributed by atoms with Crippen molar-refractivity contribution in [3.63, 3.8) is 0 Å². The van der Waals surface area contributed by atoms with Gasteiger partial charge in [0.05, 0.1) is 20.3 Å². The molecule has 0 radical (unpaired) electrons. The van der Waals surface area contributed by atoms with Gasteiger partial charge < -0.3 is 25.0 Å². The van der Waals surface area contributed by atoms with Crippen molar-refractivity contribution in [2.45, 2.75) is 6.04 Å². The first-order chi connectivity index (χ1) is 12.5. The number of hydrogen-bond acceptors (Lipinski definition) is 4. The normalized spacial score (nSPS) is 11.8. The minimum Gasteiger partial charge on any atom is -0.493 e. The molecule has 0 fully saturated rings. The van der Waals surface area contributed by atoms with Crippen molar-refractivity contribution in [1.29, 1.82) is 0 Å². The number of hydrogen-bond donors (Lipinski definition) is 2. The number of ether oxygens (including phenoxy) is 2. The first-order valence-corrected chi connectivity index (χ1v) is 8.51. The van der Waals surface area contributed by atoms with Crippen molar-refractivity contribution in [2.75, 3.05) is 40.2 Å². The van der Waals surface area contributed by atoms with Crippen LogP contribution >= 0.6 is 11.6 Å². The van der Waals surface area contributed by atoms with Crippen molar-refractivity contribution >= 4 is 23.3 Å². The van der Waals surface area contributed by atoms with Crippen LogP contribution in [0.1, 0.15) is 11.6 Å². The summed E-state index contributed by atoms with van der Waals surface area (Å²) in [7, 11) is 7.00. The van der Waals surface area contributed by atoms with Gasteiger partial charge in [0, 0.05) is 23.3 Å². The van der Waals surface area contributed by atoms with Gasteiger partial charge in [-0.05, 0) is 37.9 Å². The summed E-state index contributed by atoms with van der Waals surface area (Å²) in [5.74, 6) is 1.15. The Labute approximate surface area is 159 Å². The molecule has 0 heterocycles. The number of carbonyl (C=O) groups is 1. The molecule has 0 aliphatic carbocycles. The van der Waals surface area contributed by atoms with E-state index in [9.17, 15) is 4.79 Å². The molecule has 2 aromatic carbocycles. The van der Waals surface area contributed by atoms with Crippen LogP contribution in [0.25, 0.3) is 0 Å². The quantitative estimate of drug-likeness (QED) is 0.770. The van der Waals surface area contributed by atoms with Crippen LogP contribution in [0.15, 0.2) is 42.5 Å². The largest absolute Gasteiger partial charge is 0.493 e. The van der Waals surface area contributed by atoms with Gasteiger partial charge in [-0.15, -0.1) is 0 Å². The molecule has 7 heteroatoms. The molecule has 0 aliphatic heterocycles. The fraction of sp³-hybridized carbons (Fsp3) is 0.316. The van der Waals surface area contributed by atoms with E-state index in [1.165, 1.54) is 0 Å². The Hall–Kier alpha value is -2.44. The summed E-state index contributed by atoms with van der Waals surface area (Å²) >= 11 is 6.29. The molecule has 140 valence electrons. The van der Waals surface area contributed by atoms with Crippen LogP contribution in [-0.4, -0.2) is 45.8 Å². The van der Waals surface area contributed by atoms with Gasteiger partial charge in [0.1, 0.15) is 0 Å². The number of anilines is 1. The van der Waals surface area contributed by atoms with Crippen molar-refractivity contribution < 1.29 is 14.3 Å². The van der Waals surface area contributed by atoms with Crippen molar-refractivity contribution in [3.8, 4) is 11.5 Å². The van der Waals surface area contributed by atoms with Gasteiger partial charge in [0.2, 0.25) is 0 Å². The van der Waals surface area contributed by atoms with Gasteiger partial charge >= 0.3 is 6.03 Å². The van der Waals surface area contributed by atoms with E-state index in [0.717, 1.165) is 5.56 Å². The van der Waals surface area contributed by atoms with Gasteiger partial charge in [-0.1, -0.05) is 29.8 Å². The number of nitrogens with zero attached hydrogens (tertiary/aromatic N) is 1. The van der Waals surface area contributed by atoms with Crippen LogP contribution in [0.5, 0.6) is 11.5 Å². The lowest BCUT2D eigenvalue weighted by Crippen LogP contribution is -2.37. The maximum atomic E-state index is 12.3. The third kappa shape index (κ3) is 5.03. The minimum absolute atomic E-state index is 0.0418. The highest BCUT2D eigenvalue weighted by Crippen LogP contribution is 2.30. The van der Waals surface area contributed by atoms with E-state index in [2.05, 4.69) is 10.6 Å². The number of rotatable bonds is 7. The summed E-state index contributed by atoms with van der Waals surface area (Å²) in [6.45, 7) is 0.413. The van der Waals surface area contributed by atoms with Gasteiger partial charge in [-0.25, -0.2) is 4.79 Å². The van der Waals surface area contributed by atoms with Crippen LogP contribution < -0.4 is 20.1 Å². The number of halogens is 1. The minimum atomic E-state index is -0.309. The van der Waals surface area contributed by atoms with Crippen molar-refractivity contribution in [1.82, 2.24) is 10.2 Å². The molecule has 6 nitrogen and oxygen atoms in total. The van der Waals surface area contributed by atoms with E-state index in [1.807, 2.05) is 43.3 Å². The molecule has 1 unspecified atom stereocenters. The molecule has 2 N–H and O–H groups in total. The first-order valence-electron chi connectivity index (χ1n) is 8.14. The fourth-order valence-electron chi connectivity index (χ4n) is 2.59. The SMILES string of the molecule is COc1ccc(NC(=O)NCC(c2ccccc2Cl)N(C)C)cc1OC. The Balaban J connectivity index is 2.02. The van der Waals surface area contributed by atoms with Gasteiger partial charge in [-0.2, -0.15) is 0 Å². The van der Waals surface area contributed by atoms with Crippen molar-refractivity contribution in [3.05, 3.63) is 53.1 Å². The molecule has 2 aromatic rings. The highest BCUT2D eigenvalue weighted by Gasteiger charge is 2.18. The first kappa shape index (κ1) is 19.9. The maximum Gasteiger partial charge on any atom is 0.319 e. The van der Waals surface area contributed by atoms with Gasteiger partial charge in [0.25, 0.3) is 0 Å². The average molecular weight is 378 g/mol. The van der Waals surface area contributed by atoms with Crippen molar-refractivity contribution in [2.24, 2.45) is 0 Å². The number of nitrogens with one attached hydrogen (secondary N) is 2. The molecule has 0 aliphatic rings. The van der Waals surface area contributed by atoms with E-state index in [-0.39, 0.29) is 12.1 Å². The molecule has 26 heavy (non-hydrogen) atoms. The van der Waals surface area contributed by atoms with Crippen LogP contribution in [0.3, 0.4) is 0 Å². The van der Waals surface area contributed by atoms with E-state index < -0.39 is 0 Å². The Bertz CT molecular complexity index is 753. The number of carbonyl (C=O) groups excluding carboxylic acids is 1. The average Bonchev–Trinajstić information content (AvgIpc) is 2.62. The number of likely N-dealkylation sites (N-methyl/N-ethyl adjacent to an activating group) is 1. The molecular weight excluding hydrogens is 354 g/mol. The number of urea groups is 1. The second-order valence-electron chi connectivity index (χ2n) is 5.91. The molecule has 0 spiro atoms.